The number of rotatable bonds is 1. The lowest BCUT2D eigenvalue weighted by Gasteiger charge is -2.03. The first kappa shape index (κ1) is 8.31. The third kappa shape index (κ3) is 1.44. The van der Waals surface area contributed by atoms with Crippen LogP contribution in [-0.2, 0) is 0 Å². The molecule has 0 aromatic rings. The average molecular weight is 169 g/mol. The summed E-state index contributed by atoms with van der Waals surface area (Å²) in [6.45, 7) is 4.31. The van der Waals surface area contributed by atoms with Gasteiger partial charge in [0.2, 0.25) is 0 Å². The Bertz CT molecular complexity index is 374. The molecule has 0 spiro atoms. The van der Waals surface area contributed by atoms with Gasteiger partial charge in [-0.3, -0.25) is 0 Å². The van der Waals surface area contributed by atoms with Gasteiger partial charge in [0.1, 0.15) is 0 Å². The minimum Gasteiger partial charge on any atom is -0.0622 e. The van der Waals surface area contributed by atoms with Crippen LogP contribution in [0.3, 0.4) is 0 Å². The second-order valence-corrected chi connectivity index (χ2v) is 3.53. The van der Waals surface area contributed by atoms with E-state index in [0.29, 0.717) is 0 Å². The molecule has 2 rings (SSSR count). The molecule has 0 unspecified atom stereocenters. The van der Waals surface area contributed by atoms with Crippen molar-refractivity contribution in [2.24, 2.45) is 0 Å². The molecule has 1 radical (unpaired) electrons. The molecule has 65 valence electrons. The Kier molecular flexibility index (Phi) is 2.05. The molecule has 0 aromatic carbocycles. The molecule has 0 nitrogen and oxygen atoms in total. The lowest BCUT2D eigenvalue weighted by atomic mass is 10.0. The molecule has 2 aliphatic rings. The Morgan fingerprint density at radius 3 is 2.38 bits per heavy atom. The molecule has 0 saturated heterocycles. The Balaban J connectivity index is 2.62. The van der Waals surface area contributed by atoms with Crippen LogP contribution in [0.2, 0.25) is 0 Å². The number of hydrogen-bond acceptors (Lipinski definition) is 0. The molecule has 0 fully saturated rings. The predicted octanol–water partition coefficient (Wildman–Crippen LogP) is 3.75. The summed E-state index contributed by atoms with van der Waals surface area (Å²) in [5.41, 5.74) is 4.04. The predicted molar refractivity (Wildman–Crippen MR) is 56.8 cm³/mol. The maximum atomic E-state index is 2.19. The van der Waals surface area contributed by atoms with Crippen LogP contribution in [-0.4, -0.2) is 0 Å². The van der Waals surface area contributed by atoms with E-state index in [1.54, 1.807) is 0 Å². The summed E-state index contributed by atoms with van der Waals surface area (Å²) in [4.78, 5) is 0. The van der Waals surface area contributed by atoms with E-state index in [9.17, 15) is 0 Å². The van der Waals surface area contributed by atoms with Crippen LogP contribution in [0, 0.1) is 5.92 Å². The highest BCUT2D eigenvalue weighted by atomic mass is 14.1. The van der Waals surface area contributed by atoms with Crippen molar-refractivity contribution in [1.29, 1.82) is 0 Å². The molecule has 0 heterocycles. The van der Waals surface area contributed by atoms with Gasteiger partial charge in [-0.2, -0.15) is 0 Å². The van der Waals surface area contributed by atoms with Gasteiger partial charge in [-0.15, -0.1) is 0 Å². The number of fused-ring (bicyclic) bond motifs is 1. The van der Waals surface area contributed by atoms with Crippen LogP contribution >= 0.6 is 0 Å². The second kappa shape index (κ2) is 3.21. The van der Waals surface area contributed by atoms with Gasteiger partial charge in [0.05, 0.1) is 0 Å². The van der Waals surface area contributed by atoms with E-state index in [1.165, 1.54) is 22.6 Å². The van der Waals surface area contributed by atoms with Gasteiger partial charge in [-0.05, 0) is 22.6 Å². The maximum Gasteiger partial charge on any atom is -0.000568 e. The van der Waals surface area contributed by atoms with Crippen molar-refractivity contribution in [3.05, 3.63) is 53.9 Å². The van der Waals surface area contributed by atoms with Crippen LogP contribution in [0.15, 0.2) is 42.5 Å². The van der Waals surface area contributed by atoms with Crippen LogP contribution < -0.4 is 0 Å². The number of hydrogen-bond donors (Lipinski definition) is 0. The Labute approximate surface area is 79.6 Å². The lowest BCUT2D eigenvalue weighted by molar-refractivity contribution is 1.16. The van der Waals surface area contributed by atoms with Crippen molar-refractivity contribution in [1.82, 2.24) is 0 Å². The molecule has 2 aliphatic carbocycles. The van der Waals surface area contributed by atoms with Crippen molar-refractivity contribution >= 4 is 0 Å². The molecule has 0 bridgehead atoms. The summed E-state index contributed by atoms with van der Waals surface area (Å²) in [5.74, 6) is 1.38. The molecule has 0 amide bonds. The van der Waals surface area contributed by atoms with Gasteiger partial charge in [-0.25, -0.2) is 0 Å². The van der Waals surface area contributed by atoms with Crippen LogP contribution in [0.4, 0.5) is 0 Å². The fraction of sp³-hybridized carbons (Fsp3) is 0.154. The summed E-state index contributed by atoms with van der Waals surface area (Å²) in [7, 11) is 0. The monoisotopic (exact) mass is 169 g/mol. The first-order chi connectivity index (χ1) is 6.29. The van der Waals surface area contributed by atoms with Gasteiger partial charge in [0, 0.05) is 0 Å². The summed E-state index contributed by atoms with van der Waals surface area (Å²) in [5, 5.41) is 0. The van der Waals surface area contributed by atoms with Crippen molar-refractivity contribution in [2.75, 3.05) is 0 Å². The topological polar surface area (TPSA) is 0 Å². The minimum atomic E-state index is 1.32. The molecular formula is C13H13. The molecule has 0 heteroatoms. The fourth-order valence-corrected chi connectivity index (χ4v) is 1.65. The third-order valence-electron chi connectivity index (χ3n) is 2.33. The highest BCUT2D eigenvalue weighted by molar-refractivity contribution is 5.72. The van der Waals surface area contributed by atoms with E-state index in [2.05, 4.69) is 56.3 Å². The van der Waals surface area contributed by atoms with Gasteiger partial charge in [0.15, 0.2) is 0 Å². The summed E-state index contributed by atoms with van der Waals surface area (Å²) in [6.07, 6.45) is 0. The van der Waals surface area contributed by atoms with Gasteiger partial charge >= 0.3 is 0 Å². The van der Waals surface area contributed by atoms with E-state index in [0.717, 1.165) is 0 Å². The summed E-state index contributed by atoms with van der Waals surface area (Å²) in [6, 6.07) is 14.9. The quantitative estimate of drug-likeness (QED) is 0.609. The van der Waals surface area contributed by atoms with Gasteiger partial charge in [-0.1, -0.05) is 56.3 Å². The minimum absolute atomic E-state index is 1.32. The first-order valence-electron chi connectivity index (χ1n) is 4.57. The SMILES string of the molecule is C[C](C)c1ccc2cccccc1-2. The molecule has 0 saturated carbocycles. The average Bonchev–Trinajstić information content (AvgIpc) is 2.36. The molecular weight excluding hydrogens is 156 g/mol. The van der Waals surface area contributed by atoms with E-state index >= 15 is 0 Å². The van der Waals surface area contributed by atoms with Gasteiger partial charge < -0.3 is 0 Å². The van der Waals surface area contributed by atoms with Crippen LogP contribution in [0.1, 0.15) is 19.4 Å². The molecule has 13 heavy (non-hydrogen) atoms. The highest BCUT2D eigenvalue weighted by Gasteiger charge is 2.09. The molecule has 0 aromatic heterocycles. The van der Waals surface area contributed by atoms with Crippen molar-refractivity contribution in [3.8, 4) is 11.1 Å². The van der Waals surface area contributed by atoms with Crippen LogP contribution in [0.25, 0.3) is 11.1 Å². The zero-order valence-corrected chi connectivity index (χ0v) is 8.04. The van der Waals surface area contributed by atoms with E-state index < -0.39 is 0 Å². The van der Waals surface area contributed by atoms with Crippen molar-refractivity contribution < 1.29 is 0 Å². The zero-order valence-electron chi connectivity index (χ0n) is 8.04. The zero-order chi connectivity index (χ0) is 9.26. The van der Waals surface area contributed by atoms with E-state index in [4.69, 9.17) is 0 Å². The summed E-state index contributed by atoms with van der Waals surface area (Å²) >= 11 is 0. The Morgan fingerprint density at radius 2 is 1.62 bits per heavy atom. The highest BCUT2D eigenvalue weighted by Crippen LogP contribution is 2.31. The largest absolute Gasteiger partial charge is 0.0622 e. The molecule has 0 atom stereocenters. The standard InChI is InChI=1S/C13H13/c1-10(2)12-9-8-11-6-4-3-5-7-13(11)12/h3-9H,1-2H3. The van der Waals surface area contributed by atoms with Crippen molar-refractivity contribution in [3.63, 3.8) is 0 Å². The lowest BCUT2D eigenvalue weighted by Crippen LogP contribution is -1.85. The molecule has 0 aliphatic heterocycles. The van der Waals surface area contributed by atoms with Crippen LogP contribution in [0.5, 0.6) is 0 Å². The smallest absolute Gasteiger partial charge is 0.000568 e. The van der Waals surface area contributed by atoms with Gasteiger partial charge in [0.25, 0.3) is 0 Å². The maximum absolute atomic E-state index is 2.19. The Morgan fingerprint density at radius 1 is 0.846 bits per heavy atom. The Hall–Kier alpha value is -1.30. The third-order valence-corrected chi connectivity index (χ3v) is 2.33. The second-order valence-electron chi connectivity index (χ2n) is 3.53. The normalized spacial score (nSPS) is 11.0. The van der Waals surface area contributed by atoms with Crippen molar-refractivity contribution in [2.45, 2.75) is 13.8 Å². The fourth-order valence-electron chi connectivity index (χ4n) is 1.65. The van der Waals surface area contributed by atoms with E-state index in [1.807, 2.05) is 0 Å². The van der Waals surface area contributed by atoms with E-state index in [-0.39, 0.29) is 0 Å². The first-order valence-corrected chi connectivity index (χ1v) is 4.57. The summed E-state index contributed by atoms with van der Waals surface area (Å²) < 4.78 is 0. The molecule has 0 N–H and O–H groups in total.